The Hall–Kier alpha value is -2.33. The average molecular weight is 367 g/mol. The third kappa shape index (κ3) is 4.69. The van der Waals surface area contributed by atoms with Crippen LogP contribution in [0.15, 0.2) is 42.5 Å². The molecule has 0 bridgehead atoms. The van der Waals surface area contributed by atoms with Crippen LogP contribution in [0.25, 0.3) is 0 Å². The number of rotatable bonds is 6. The quantitative estimate of drug-likeness (QED) is 0.827. The van der Waals surface area contributed by atoms with E-state index in [0.29, 0.717) is 6.54 Å². The molecule has 2 unspecified atom stereocenters. The molecule has 1 aliphatic heterocycles. The van der Waals surface area contributed by atoms with E-state index in [1.54, 1.807) is 7.11 Å². The standard InChI is InChI=1S/C23H30N2O2/c1-16-10-11-19(13-17(16)2)18(3)24-23(26)15-25-12-6-9-22(25)20-7-5-8-21(14-20)27-4/h5,7-8,10-11,13-14,18,22H,6,9,12,15H2,1-4H3,(H,24,26). The van der Waals surface area contributed by atoms with Crippen molar-refractivity contribution in [1.82, 2.24) is 10.2 Å². The lowest BCUT2D eigenvalue weighted by Gasteiger charge is -2.25. The molecule has 0 spiro atoms. The molecule has 1 N–H and O–H groups in total. The fourth-order valence-corrected chi connectivity index (χ4v) is 3.83. The largest absolute Gasteiger partial charge is 0.497 e. The van der Waals surface area contributed by atoms with E-state index in [2.05, 4.69) is 54.4 Å². The topological polar surface area (TPSA) is 41.6 Å². The van der Waals surface area contributed by atoms with Crippen LogP contribution < -0.4 is 10.1 Å². The van der Waals surface area contributed by atoms with Crippen molar-refractivity contribution in [2.24, 2.45) is 0 Å². The number of nitrogens with one attached hydrogen (secondary N) is 1. The molecule has 144 valence electrons. The van der Waals surface area contributed by atoms with Crippen molar-refractivity contribution in [3.8, 4) is 5.75 Å². The number of likely N-dealkylation sites (tertiary alicyclic amines) is 1. The van der Waals surface area contributed by atoms with Crippen LogP contribution in [0.5, 0.6) is 5.75 Å². The lowest BCUT2D eigenvalue weighted by atomic mass is 10.0. The third-order valence-corrected chi connectivity index (χ3v) is 5.60. The van der Waals surface area contributed by atoms with Gasteiger partial charge in [-0.3, -0.25) is 9.69 Å². The van der Waals surface area contributed by atoms with Crippen LogP contribution in [0.3, 0.4) is 0 Å². The summed E-state index contributed by atoms with van der Waals surface area (Å²) in [6.45, 7) is 7.64. The molecule has 4 nitrogen and oxygen atoms in total. The Bertz CT molecular complexity index is 803. The lowest BCUT2D eigenvalue weighted by Crippen LogP contribution is -2.38. The maximum Gasteiger partial charge on any atom is 0.234 e. The highest BCUT2D eigenvalue weighted by Crippen LogP contribution is 2.33. The monoisotopic (exact) mass is 366 g/mol. The van der Waals surface area contributed by atoms with Gasteiger partial charge in [0.25, 0.3) is 0 Å². The predicted molar refractivity (Wildman–Crippen MR) is 109 cm³/mol. The number of methoxy groups -OCH3 is 1. The van der Waals surface area contributed by atoms with E-state index in [0.717, 1.165) is 30.7 Å². The Kier molecular flexibility index (Phi) is 6.17. The molecule has 1 amide bonds. The third-order valence-electron chi connectivity index (χ3n) is 5.60. The van der Waals surface area contributed by atoms with Crippen LogP contribution >= 0.6 is 0 Å². The first-order valence-electron chi connectivity index (χ1n) is 9.72. The van der Waals surface area contributed by atoms with Gasteiger partial charge in [0.15, 0.2) is 0 Å². The molecule has 1 heterocycles. The highest BCUT2D eigenvalue weighted by Gasteiger charge is 2.28. The summed E-state index contributed by atoms with van der Waals surface area (Å²) in [5.74, 6) is 0.947. The van der Waals surface area contributed by atoms with Gasteiger partial charge in [-0.05, 0) is 74.5 Å². The Labute approximate surface area is 162 Å². The van der Waals surface area contributed by atoms with Crippen LogP contribution in [0.2, 0.25) is 0 Å². The summed E-state index contributed by atoms with van der Waals surface area (Å²) in [7, 11) is 1.69. The van der Waals surface area contributed by atoms with Gasteiger partial charge in [0.1, 0.15) is 5.75 Å². The number of amides is 1. The summed E-state index contributed by atoms with van der Waals surface area (Å²) in [5.41, 5.74) is 4.90. The van der Waals surface area contributed by atoms with E-state index < -0.39 is 0 Å². The minimum atomic E-state index is 0.00896. The molecule has 0 aromatic heterocycles. The summed E-state index contributed by atoms with van der Waals surface area (Å²) in [4.78, 5) is 14.9. The molecule has 27 heavy (non-hydrogen) atoms. The van der Waals surface area contributed by atoms with Crippen molar-refractivity contribution < 1.29 is 9.53 Å². The second kappa shape index (κ2) is 8.57. The SMILES string of the molecule is COc1cccc(C2CCCN2CC(=O)NC(C)c2ccc(C)c(C)c2)c1. The van der Waals surface area contributed by atoms with Crippen molar-refractivity contribution >= 4 is 5.91 Å². The molecule has 4 heteroatoms. The number of hydrogen-bond acceptors (Lipinski definition) is 3. The fraction of sp³-hybridized carbons (Fsp3) is 0.435. The van der Waals surface area contributed by atoms with Crippen molar-refractivity contribution in [1.29, 1.82) is 0 Å². The molecule has 0 aliphatic carbocycles. The summed E-state index contributed by atoms with van der Waals surface area (Å²) >= 11 is 0. The first-order valence-corrected chi connectivity index (χ1v) is 9.72. The van der Waals surface area contributed by atoms with E-state index in [1.807, 2.05) is 19.1 Å². The number of aryl methyl sites for hydroxylation is 2. The van der Waals surface area contributed by atoms with Gasteiger partial charge in [-0.2, -0.15) is 0 Å². The molecule has 1 aliphatic rings. The zero-order chi connectivity index (χ0) is 19.4. The van der Waals surface area contributed by atoms with Crippen LogP contribution in [-0.4, -0.2) is 31.0 Å². The molecular weight excluding hydrogens is 336 g/mol. The number of carbonyl (C=O) groups is 1. The smallest absolute Gasteiger partial charge is 0.234 e. The minimum absolute atomic E-state index is 0.00896. The summed E-state index contributed by atoms with van der Waals surface area (Å²) in [5, 5.41) is 3.16. The molecule has 1 saturated heterocycles. The van der Waals surface area contributed by atoms with Gasteiger partial charge >= 0.3 is 0 Å². The van der Waals surface area contributed by atoms with Crippen LogP contribution in [0, 0.1) is 13.8 Å². The minimum Gasteiger partial charge on any atom is -0.497 e. The van der Waals surface area contributed by atoms with Gasteiger partial charge in [0, 0.05) is 6.04 Å². The molecule has 3 rings (SSSR count). The van der Waals surface area contributed by atoms with Gasteiger partial charge in [0.2, 0.25) is 5.91 Å². The number of carbonyl (C=O) groups excluding carboxylic acids is 1. The van der Waals surface area contributed by atoms with E-state index in [-0.39, 0.29) is 18.0 Å². The zero-order valence-corrected chi connectivity index (χ0v) is 16.8. The molecule has 0 radical (unpaired) electrons. The number of ether oxygens (including phenoxy) is 1. The zero-order valence-electron chi connectivity index (χ0n) is 16.8. The number of hydrogen-bond donors (Lipinski definition) is 1. The fourth-order valence-electron chi connectivity index (χ4n) is 3.83. The molecule has 2 atom stereocenters. The first kappa shape index (κ1) is 19.4. The molecule has 1 fully saturated rings. The van der Waals surface area contributed by atoms with E-state index in [9.17, 15) is 4.79 Å². The predicted octanol–water partition coefficient (Wildman–Crippen LogP) is 4.33. The molecule has 2 aromatic rings. The van der Waals surface area contributed by atoms with Gasteiger partial charge in [0.05, 0.1) is 19.7 Å². The highest BCUT2D eigenvalue weighted by atomic mass is 16.5. The molecule has 0 saturated carbocycles. The van der Waals surface area contributed by atoms with E-state index in [1.165, 1.54) is 16.7 Å². The lowest BCUT2D eigenvalue weighted by molar-refractivity contribution is -0.123. The Morgan fingerprint density at radius 1 is 1.22 bits per heavy atom. The average Bonchev–Trinajstić information content (AvgIpc) is 3.11. The van der Waals surface area contributed by atoms with Gasteiger partial charge < -0.3 is 10.1 Å². The van der Waals surface area contributed by atoms with Gasteiger partial charge in [-0.25, -0.2) is 0 Å². The normalized spacial score (nSPS) is 18.3. The van der Waals surface area contributed by atoms with Crippen molar-refractivity contribution in [2.75, 3.05) is 20.2 Å². The Morgan fingerprint density at radius 2 is 2.04 bits per heavy atom. The maximum absolute atomic E-state index is 12.7. The Balaban J connectivity index is 1.63. The van der Waals surface area contributed by atoms with Gasteiger partial charge in [-0.1, -0.05) is 30.3 Å². The summed E-state index contributed by atoms with van der Waals surface area (Å²) in [6.07, 6.45) is 2.19. The van der Waals surface area contributed by atoms with Crippen LogP contribution in [-0.2, 0) is 4.79 Å². The molecular formula is C23H30N2O2. The van der Waals surface area contributed by atoms with E-state index >= 15 is 0 Å². The summed E-state index contributed by atoms with van der Waals surface area (Å²) < 4.78 is 5.35. The highest BCUT2D eigenvalue weighted by molar-refractivity contribution is 5.78. The number of nitrogens with zero attached hydrogens (tertiary/aromatic N) is 1. The number of benzene rings is 2. The molecule has 2 aromatic carbocycles. The maximum atomic E-state index is 12.7. The van der Waals surface area contributed by atoms with Crippen molar-refractivity contribution in [2.45, 2.75) is 45.7 Å². The first-order chi connectivity index (χ1) is 13.0. The van der Waals surface area contributed by atoms with Gasteiger partial charge in [-0.15, -0.1) is 0 Å². The second-order valence-corrected chi connectivity index (χ2v) is 7.54. The second-order valence-electron chi connectivity index (χ2n) is 7.54. The van der Waals surface area contributed by atoms with E-state index in [4.69, 9.17) is 4.74 Å². The summed E-state index contributed by atoms with van der Waals surface area (Å²) in [6, 6.07) is 14.9. The van der Waals surface area contributed by atoms with Crippen LogP contribution in [0.1, 0.15) is 54.1 Å². The van der Waals surface area contributed by atoms with Crippen molar-refractivity contribution in [3.05, 3.63) is 64.7 Å². The Morgan fingerprint density at radius 3 is 2.78 bits per heavy atom. The van der Waals surface area contributed by atoms with Crippen molar-refractivity contribution in [3.63, 3.8) is 0 Å². The van der Waals surface area contributed by atoms with Crippen LogP contribution in [0.4, 0.5) is 0 Å².